The minimum Gasteiger partial charge on any atom is -0.373 e. The van der Waals surface area contributed by atoms with Gasteiger partial charge in [-0.05, 0) is 47.0 Å². The lowest BCUT2D eigenvalue weighted by atomic mass is 10.1. The van der Waals surface area contributed by atoms with Crippen LogP contribution in [0.1, 0.15) is 19.4 Å². The van der Waals surface area contributed by atoms with Crippen molar-refractivity contribution in [1.82, 2.24) is 0 Å². The number of amides is 1. The fourth-order valence-electron chi connectivity index (χ4n) is 1.25. The van der Waals surface area contributed by atoms with E-state index in [1.54, 1.807) is 12.1 Å². The number of halogens is 4. The number of anilines is 1. The Labute approximate surface area is 116 Å². The summed E-state index contributed by atoms with van der Waals surface area (Å²) in [6, 6.07) is 4.86. The van der Waals surface area contributed by atoms with E-state index in [9.17, 15) is 23.1 Å². The van der Waals surface area contributed by atoms with Crippen LogP contribution in [0, 0.1) is 0 Å². The second-order valence-electron chi connectivity index (χ2n) is 4.19. The maximum atomic E-state index is 12.5. The molecule has 106 valence electrons. The number of nitrogens with one attached hydrogen (secondary N) is 1. The van der Waals surface area contributed by atoms with Crippen LogP contribution >= 0.6 is 15.9 Å². The molecule has 1 atom stereocenters. The fraction of sp³-hybridized carbons (Fsp3) is 0.417. The van der Waals surface area contributed by atoms with Gasteiger partial charge in [0.05, 0.1) is 5.69 Å². The molecule has 1 unspecified atom stereocenters. The maximum Gasteiger partial charge on any atom is 0.426 e. The van der Waals surface area contributed by atoms with E-state index in [0.29, 0.717) is 11.4 Å². The van der Waals surface area contributed by atoms with E-state index in [0.717, 1.165) is 12.0 Å². The quantitative estimate of drug-likeness (QED) is 0.887. The van der Waals surface area contributed by atoms with Crippen LogP contribution < -0.4 is 5.32 Å². The molecule has 2 N–H and O–H groups in total. The van der Waals surface area contributed by atoms with E-state index < -0.39 is 17.7 Å². The molecule has 1 amide bonds. The second kappa shape index (κ2) is 5.50. The van der Waals surface area contributed by atoms with E-state index in [-0.39, 0.29) is 5.69 Å². The van der Waals surface area contributed by atoms with Crippen LogP contribution in [0.15, 0.2) is 22.7 Å². The molecule has 7 heteroatoms. The lowest BCUT2D eigenvalue weighted by Crippen LogP contribution is -2.52. The standard InChI is InChI=1S/C12H13BrF3NO2/c1-3-7-4-5-9(8(13)6-7)17-10(18)11(2,19)12(14,15)16/h4-6,19H,3H2,1-2H3,(H,17,18). The number of rotatable bonds is 3. The Kier molecular flexibility index (Phi) is 4.63. The van der Waals surface area contributed by atoms with Crippen molar-refractivity contribution in [3.63, 3.8) is 0 Å². The highest BCUT2D eigenvalue weighted by Crippen LogP contribution is 2.32. The Morgan fingerprint density at radius 3 is 2.42 bits per heavy atom. The first-order chi connectivity index (χ1) is 8.59. The normalized spacial score (nSPS) is 14.9. The highest BCUT2D eigenvalue weighted by Gasteiger charge is 2.55. The van der Waals surface area contributed by atoms with Gasteiger partial charge in [0.15, 0.2) is 0 Å². The Bertz CT molecular complexity index is 486. The molecule has 0 saturated heterocycles. The smallest absolute Gasteiger partial charge is 0.373 e. The summed E-state index contributed by atoms with van der Waals surface area (Å²) in [5.74, 6) is -1.52. The summed E-state index contributed by atoms with van der Waals surface area (Å²) in [6.07, 6.45) is -4.28. The summed E-state index contributed by atoms with van der Waals surface area (Å²) in [5.41, 5.74) is -2.30. The van der Waals surface area contributed by atoms with Crippen molar-refractivity contribution in [2.24, 2.45) is 0 Å². The first-order valence-corrected chi connectivity index (χ1v) is 6.28. The van der Waals surface area contributed by atoms with E-state index in [1.165, 1.54) is 6.07 Å². The van der Waals surface area contributed by atoms with Gasteiger partial charge in [0, 0.05) is 4.47 Å². The van der Waals surface area contributed by atoms with Crippen LogP contribution in [-0.4, -0.2) is 22.8 Å². The molecule has 0 bridgehead atoms. The van der Waals surface area contributed by atoms with Crippen molar-refractivity contribution >= 4 is 27.5 Å². The SMILES string of the molecule is CCc1ccc(NC(=O)C(C)(O)C(F)(F)F)c(Br)c1. The van der Waals surface area contributed by atoms with E-state index >= 15 is 0 Å². The number of aliphatic hydroxyl groups is 1. The minimum atomic E-state index is -5.03. The third kappa shape index (κ3) is 3.48. The van der Waals surface area contributed by atoms with Gasteiger partial charge in [0.25, 0.3) is 5.91 Å². The van der Waals surface area contributed by atoms with Gasteiger partial charge in [-0.1, -0.05) is 13.0 Å². The molecule has 0 aliphatic carbocycles. The van der Waals surface area contributed by atoms with Gasteiger partial charge < -0.3 is 10.4 Å². The molecular weight excluding hydrogens is 327 g/mol. The van der Waals surface area contributed by atoms with Crippen molar-refractivity contribution in [1.29, 1.82) is 0 Å². The average Bonchev–Trinajstić information content (AvgIpc) is 2.30. The molecule has 19 heavy (non-hydrogen) atoms. The average molecular weight is 340 g/mol. The Hall–Kier alpha value is -1.08. The zero-order valence-electron chi connectivity index (χ0n) is 10.3. The highest BCUT2D eigenvalue weighted by molar-refractivity contribution is 9.10. The largest absolute Gasteiger partial charge is 0.426 e. The molecular formula is C12H13BrF3NO2. The summed E-state index contributed by atoms with van der Waals surface area (Å²) in [6.45, 7) is 2.34. The first kappa shape index (κ1) is 16.0. The molecule has 0 aromatic heterocycles. The van der Waals surface area contributed by atoms with E-state index in [2.05, 4.69) is 21.2 Å². The fourth-order valence-corrected chi connectivity index (χ4v) is 1.78. The van der Waals surface area contributed by atoms with Crippen LogP contribution in [0.5, 0.6) is 0 Å². The lowest BCUT2D eigenvalue weighted by molar-refractivity contribution is -0.242. The number of carbonyl (C=O) groups excluding carboxylic acids is 1. The van der Waals surface area contributed by atoms with Crippen molar-refractivity contribution in [2.75, 3.05) is 5.32 Å². The molecule has 0 aliphatic heterocycles. The Morgan fingerprint density at radius 1 is 1.42 bits per heavy atom. The third-order valence-corrected chi connectivity index (χ3v) is 3.34. The van der Waals surface area contributed by atoms with Gasteiger partial charge in [-0.2, -0.15) is 13.2 Å². The van der Waals surface area contributed by atoms with Gasteiger partial charge in [-0.3, -0.25) is 4.79 Å². The number of benzene rings is 1. The highest BCUT2D eigenvalue weighted by atomic mass is 79.9. The third-order valence-electron chi connectivity index (χ3n) is 2.68. The van der Waals surface area contributed by atoms with Crippen molar-refractivity contribution < 1.29 is 23.1 Å². The number of aryl methyl sites for hydroxylation is 1. The maximum absolute atomic E-state index is 12.5. The van der Waals surface area contributed by atoms with Crippen LogP contribution in [0.3, 0.4) is 0 Å². The van der Waals surface area contributed by atoms with Gasteiger partial charge in [-0.15, -0.1) is 0 Å². The summed E-state index contributed by atoms with van der Waals surface area (Å²) in [7, 11) is 0. The summed E-state index contributed by atoms with van der Waals surface area (Å²) < 4.78 is 37.9. The molecule has 1 aromatic carbocycles. The topological polar surface area (TPSA) is 49.3 Å². The number of hydrogen-bond donors (Lipinski definition) is 2. The monoisotopic (exact) mass is 339 g/mol. The van der Waals surface area contributed by atoms with Gasteiger partial charge in [0.2, 0.25) is 5.60 Å². The predicted octanol–water partition coefficient (Wildman–Crippen LogP) is 3.26. The number of carbonyl (C=O) groups is 1. The molecule has 0 heterocycles. The van der Waals surface area contributed by atoms with Crippen molar-refractivity contribution in [3.8, 4) is 0 Å². The summed E-state index contributed by atoms with van der Waals surface area (Å²) in [4.78, 5) is 11.5. The van der Waals surface area contributed by atoms with Crippen LogP contribution in [0.2, 0.25) is 0 Å². The lowest BCUT2D eigenvalue weighted by Gasteiger charge is -2.25. The van der Waals surface area contributed by atoms with E-state index in [1.807, 2.05) is 6.92 Å². The van der Waals surface area contributed by atoms with Crippen molar-refractivity contribution in [2.45, 2.75) is 32.0 Å². The predicted molar refractivity (Wildman–Crippen MR) is 68.8 cm³/mol. The van der Waals surface area contributed by atoms with Crippen LogP contribution in [0.25, 0.3) is 0 Å². The van der Waals surface area contributed by atoms with Gasteiger partial charge >= 0.3 is 6.18 Å². The minimum absolute atomic E-state index is 0.173. The zero-order valence-corrected chi connectivity index (χ0v) is 11.9. The van der Waals surface area contributed by atoms with Crippen LogP contribution in [0.4, 0.5) is 18.9 Å². The van der Waals surface area contributed by atoms with E-state index in [4.69, 9.17) is 0 Å². The second-order valence-corrected chi connectivity index (χ2v) is 5.05. The zero-order chi connectivity index (χ0) is 14.8. The molecule has 0 saturated carbocycles. The van der Waals surface area contributed by atoms with Gasteiger partial charge in [-0.25, -0.2) is 0 Å². The van der Waals surface area contributed by atoms with Crippen LogP contribution in [-0.2, 0) is 11.2 Å². The molecule has 0 fully saturated rings. The molecule has 0 radical (unpaired) electrons. The first-order valence-electron chi connectivity index (χ1n) is 5.48. The molecule has 1 rings (SSSR count). The summed E-state index contributed by atoms with van der Waals surface area (Å²) >= 11 is 3.16. The molecule has 0 aliphatic rings. The van der Waals surface area contributed by atoms with Crippen molar-refractivity contribution in [3.05, 3.63) is 28.2 Å². The number of alkyl halides is 3. The Morgan fingerprint density at radius 2 is 2.00 bits per heavy atom. The van der Waals surface area contributed by atoms with Gasteiger partial charge in [0.1, 0.15) is 0 Å². The molecule has 0 spiro atoms. The molecule has 1 aromatic rings. The number of hydrogen-bond acceptors (Lipinski definition) is 2. The molecule has 3 nitrogen and oxygen atoms in total. The Balaban J connectivity index is 2.95. The summed E-state index contributed by atoms with van der Waals surface area (Å²) in [5, 5.41) is 11.3.